The summed E-state index contributed by atoms with van der Waals surface area (Å²) in [5.74, 6) is 0.593. The van der Waals surface area contributed by atoms with Gasteiger partial charge in [-0.15, -0.1) is 16.4 Å². The monoisotopic (exact) mass is 442 g/mol. The van der Waals surface area contributed by atoms with E-state index in [0.717, 1.165) is 37.7 Å². The lowest BCUT2D eigenvalue weighted by Crippen LogP contribution is -2.08. The molecule has 2 heterocycles. The molecule has 0 bridgehead atoms. The first-order chi connectivity index (χ1) is 15.6. The Bertz CT molecular complexity index is 1380. The van der Waals surface area contributed by atoms with Crippen LogP contribution >= 0.6 is 11.3 Å². The number of benzene rings is 3. The Balaban J connectivity index is 1.82. The van der Waals surface area contributed by atoms with Gasteiger partial charge in [-0.1, -0.05) is 24.3 Å². The van der Waals surface area contributed by atoms with Gasteiger partial charge in [0.05, 0.1) is 23.0 Å². The van der Waals surface area contributed by atoms with E-state index in [2.05, 4.69) is 20.8 Å². The minimum absolute atomic E-state index is 0.166. The van der Waals surface area contributed by atoms with Crippen LogP contribution in [-0.4, -0.2) is 38.2 Å². The van der Waals surface area contributed by atoms with E-state index >= 15 is 0 Å². The maximum Gasteiger partial charge on any atom is 0.221 e. The van der Waals surface area contributed by atoms with Gasteiger partial charge in [0, 0.05) is 18.2 Å². The van der Waals surface area contributed by atoms with Gasteiger partial charge >= 0.3 is 0 Å². The maximum absolute atomic E-state index is 11.8. The van der Waals surface area contributed by atoms with E-state index in [4.69, 9.17) is 9.72 Å². The maximum atomic E-state index is 11.8. The Kier molecular flexibility index (Phi) is 5.08. The van der Waals surface area contributed by atoms with Crippen molar-refractivity contribution in [1.29, 1.82) is 0 Å². The van der Waals surface area contributed by atoms with Crippen molar-refractivity contribution >= 4 is 33.1 Å². The number of methoxy groups -OCH3 is 1. The Hall–Kier alpha value is -4.11. The molecule has 5 rings (SSSR count). The summed E-state index contributed by atoms with van der Waals surface area (Å²) in [6, 6.07) is 19.6. The average Bonchev–Trinajstić information content (AvgIpc) is 3.48. The molecule has 2 aromatic heterocycles. The number of amides is 1. The zero-order chi connectivity index (χ0) is 22.1. The van der Waals surface area contributed by atoms with E-state index < -0.39 is 0 Å². The quantitative estimate of drug-likeness (QED) is 0.428. The summed E-state index contributed by atoms with van der Waals surface area (Å²) in [6.45, 7) is 1.48. The lowest BCUT2D eigenvalue weighted by atomic mass is 9.97. The number of fused-ring (bicyclic) bond motifs is 1. The van der Waals surface area contributed by atoms with Gasteiger partial charge in [-0.3, -0.25) is 4.79 Å². The van der Waals surface area contributed by atoms with Crippen LogP contribution < -0.4 is 10.1 Å². The molecule has 1 N–H and O–H groups in total. The van der Waals surface area contributed by atoms with Crippen LogP contribution in [0.15, 0.2) is 67.0 Å². The Morgan fingerprint density at radius 1 is 1.09 bits per heavy atom. The zero-order valence-electron chi connectivity index (χ0n) is 17.3. The third-order valence-electron chi connectivity index (χ3n) is 4.94. The molecule has 0 aliphatic heterocycles. The van der Waals surface area contributed by atoms with Crippen LogP contribution in [0, 0.1) is 0 Å². The number of nitrogens with zero attached hydrogens (tertiary/aromatic N) is 5. The molecule has 0 aliphatic carbocycles. The van der Waals surface area contributed by atoms with E-state index in [0.29, 0.717) is 11.4 Å². The van der Waals surface area contributed by atoms with Crippen molar-refractivity contribution in [2.75, 3.05) is 12.4 Å². The first-order valence-electron chi connectivity index (χ1n) is 9.82. The number of thiazole rings is 1. The standard InChI is InChI=1S/C23H18N6O2S/c1-14(30)25-16-11-18(15-7-9-17(31-2)10-8-15)22(20(12-16)29-13-24-27-28-29)23-26-19-5-3-4-6-21(19)32-23/h3-13H,1-2H3,(H,25,30). The van der Waals surface area contributed by atoms with Crippen LogP contribution in [0.2, 0.25) is 0 Å². The second-order valence-electron chi connectivity index (χ2n) is 7.07. The van der Waals surface area contributed by atoms with Crippen molar-refractivity contribution in [1.82, 2.24) is 25.2 Å². The second-order valence-corrected chi connectivity index (χ2v) is 8.10. The van der Waals surface area contributed by atoms with Gasteiger partial charge in [0.25, 0.3) is 0 Å². The summed E-state index contributed by atoms with van der Waals surface area (Å²) in [5.41, 5.74) is 4.98. The van der Waals surface area contributed by atoms with Gasteiger partial charge in [-0.25, -0.2) is 4.98 Å². The van der Waals surface area contributed by atoms with Gasteiger partial charge < -0.3 is 10.1 Å². The predicted octanol–water partition coefficient (Wildman–Crippen LogP) is 4.57. The van der Waals surface area contributed by atoms with Gasteiger partial charge in [-0.05, 0) is 58.0 Å². The number of nitrogens with one attached hydrogen (secondary N) is 1. The summed E-state index contributed by atoms with van der Waals surface area (Å²) >= 11 is 1.59. The van der Waals surface area contributed by atoms with Crippen LogP contribution in [-0.2, 0) is 4.79 Å². The molecule has 158 valence electrons. The van der Waals surface area contributed by atoms with Gasteiger partial charge in [-0.2, -0.15) is 4.68 Å². The molecule has 0 unspecified atom stereocenters. The number of para-hydroxylation sites is 1. The number of rotatable bonds is 5. The number of carbonyl (C=O) groups is 1. The second kappa shape index (κ2) is 8.20. The van der Waals surface area contributed by atoms with Crippen molar-refractivity contribution in [2.45, 2.75) is 6.92 Å². The normalized spacial score (nSPS) is 10.9. The van der Waals surface area contributed by atoms with E-state index in [1.165, 1.54) is 13.3 Å². The summed E-state index contributed by atoms with van der Waals surface area (Å²) in [4.78, 5) is 16.7. The molecule has 0 saturated carbocycles. The summed E-state index contributed by atoms with van der Waals surface area (Å²) < 4.78 is 7.98. The van der Waals surface area contributed by atoms with E-state index in [1.54, 1.807) is 23.1 Å². The zero-order valence-corrected chi connectivity index (χ0v) is 18.1. The first kappa shape index (κ1) is 19.8. The number of tetrazole rings is 1. The summed E-state index contributed by atoms with van der Waals surface area (Å²) in [6.07, 6.45) is 1.53. The molecule has 0 saturated heterocycles. The highest BCUT2D eigenvalue weighted by atomic mass is 32.1. The number of aromatic nitrogens is 5. The molecule has 5 aromatic rings. The van der Waals surface area contributed by atoms with Crippen LogP contribution in [0.3, 0.4) is 0 Å². The molecule has 8 nitrogen and oxygen atoms in total. The summed E-state index contributed by atoms with van der Waals surface area (Å²) in [5, 5.41) is 15.4. The molecule has 3 aromatic carbocycles. The van der Waals surface area contributed by atoms with Crippen molar-refractivity contribution in [3.8, 4) is 33.1 Å². The van der Waals surface area contributed by atoms with Crippen LogP contribution in [0.4, 0.5) is 5.69 Å². The Labute approximate surface area is 187 Å². The Morgan fingerprint density at radius 2 is 1.91 bits per heavy atom. The molecular weight excluding hydrogens is 424 g/mol. The van der Waals surface area contributed by atoms with E-state index in [9.17, 15) is 4.79 Å². The summed E-state index contributed by atoms with van der Waals surface area (Å²) in [7, 11) is 1.63. The lowest BCUT2D eigenvalue weighted by molar-refractivity contribution is -0.114. The van der Waals surface area contributed by atoms with Crippen molar-refractivity contribution in [3.05, 3.63) is 67.0 Å². The molecule has 0 radical (unpaired) electrons. The predicted molar refractivity (Wildman–Crippen MR) is 124 cm³/mol. The number of ether oxygens (including phenoxy) is 1. The largest absolute Gasteiger partial charge is 0.497 e. The fourth-order valence-corrected chi connectivity index (χ4v) is 4.59. The lowest BCUT2D eigenvalue weighted by Gasteiger charge is -2.16. The molecule has 0 aliphatic rings. The van der Waals surface area contributed by atoms with Crippen LogP contribution in [0.1, 0.15) is 6.92 Å². The number of hydrogen-bond donors (Lipinski definition) is 1. The van der Waals surface area contributed by atoms with Crippen LogP contribution in [0.5, 0.6) is 5.75 Å². The minimum Gasteiger partial charge on any atom is -0.497 e. The molecule has 1 amide bonds. The topological polar surface area (TPSA) is 94.8 Å². The number of anilines is 1. The third-order valence-corrected chi connectivity index (χ3v) is 6.00. The van der Waals surface area contributed by atoms with Crippen LogP contribution in [0.25, 0.3) is 37.6 Å². The molecule has 0 fully saturated rings. The highest BCUT2D eigenvalue weighted by molar-refractivity contribution is 7.21. The van der Waals surface area contributed by atoms with Gasteiger partial charge in [0.1, 0.15) is 17.1 Å². The third kappa shape index (κ3) is 3.69. The van der Waals surface area contributed by atoms with E-state index in [1.807, 2.05) is 60.7 Å². The Morgan fingerprint density at radius 3 is 2.59 bits per heavy atom. The molecule has 0 atom stereocenters. The van der Waals surface area contributed by atoms with Crippen molar-refractivity contribution in [2.24, 2.45) is 0 Å². The molecule has 9 heteroatoms. The molecule has 32 heavy (non-hydrogen) atoms. The fourth-order valence-electron chi connectivity index (χ4n) is 3.56. The average molecular weight is 443 g/mol. The number of carbonyl (C=O) groups excluding carboxylic acids is 1. The smallest absolute Gasteiger partial charge is 0.221 e. The van der Waals surface area contributed by atoms with Gasteiger partial charge in [0.15, 0.2) is 0 Å². The molecule has 0 spiro atoms. The highest BCUT2D eigenvalue weighted by Crippen LogP contribution is 2.42. The number of hydrogen-bond acceptors (Lipinski definition) is 7. The van der Waals surface area contributed by atoms with E-state index in [-0.39, 0.29) is 5.91 Å². The SMILES string of the molecule is COc1ccc(-c2cc(NC(C)=O)cc(-n3cnnn3)c2-c2nc3ccccc3s2)cc1. The highest BCUT2D eigenvalue weighted by Gasteiger charge is 2.20. The first-order valence-corrected chi connectivity index (χ1v) is 10.6. The minimum atomic E-state index is -0.166. The van der Waals surface area contributed by atoms with Crippen molar-refractivity contribution < 1.29 is 9.53 Å². The van der Waals surface area contributed by atoms with Gasteiger partial charge in [0.2, 0.25) is 5.91 Å². The molecular formula is C23H18N6O2S. The fraction of sp³-hybridized carbons (Fsp3) is 0.0870. The van der Waals surface area contributed by atoms with Crippen molar-refractivity contribution in [3.63, 3.8) is 0 Å².